The van der Waals surface area contributed by atoms with Gasteiger partial charge in [-0.1, -0.05) is 60.7 Å². The maximum Gasteiger partial charge on any atom is 0.241 e. The second-order valence-electron chi connectivity index (χ2n) is 7.75. The smallest absolute Gasteiger partial charge is 0.241 e. The molecule has 0 aliphatic rings. The first kappa shape index (κ1) is 23.6. The summed E-state index contributed by atoms with van der Waals surface area (Å²) < 4.78 is 41.4. The van der Waals surface area contributed by atoms with Crippen molar-refractivity contribution < 1.29 is 17.6 Å². The molecular formula is C25H27FN2O3S. The number of nitrogens with one attached hydrogen (secondary N) is 2. The molecule has 0 radical (unpaired) electrons. The van der Waals surface area contributed by atoms with Crippen LogP contribution in [0.4, 0.5) is 4.39 Å². The van der Waals surface area contributed by atoms with Gasteiger partial charge in [0.25, 0.3) is 0 Å². The number of carbonyl (C=O) groups is 1. The molecule has 3 aromatic rings. The van der Waals surface area contributed by atoms with Crippen LogP contribution < -0.4 is 10.0 Å². The predicted octanol–water partition coefficient (Wildman–Crippen LogP) is 3.85. The van der Waals surface area contributed by atoms with Gasteiger partial charge in [-0.05, 0) is 61.6 Å². The minimum Gasteiger partial charge on any atom is -0.352 e. The molecule has 0 aromatic heterocycles. The van der Waals surface area contributed by atoms with E-state index in [9.17, 15) is 17.6 Å². The highest BCUT2D eigenvalue weighted by Crippen LogP contribution is 2.13. The summed E-state index contributed by atoms with van der Waals surface area (Å²) in [5, 5.41) is 2.93. The molecule has 32 heavy (non-hydrogen) atoms. The Kier molecular flexibility index (Phi) is 8.14. The fourth-order valence-corrected chi connectivity index (χ4v) is 4.55. The third kappa shape index (κ3) is 7.00. The molecule has 0 saturated heterocycles. The number of amides is 1. The molecule has 0 fully saturated rings. The second-order valence-corrected chi connectivity index (χ2v) is 9.47. The van der Waals surface area contributed by atoms with Crippen molar-refractivity contribution in [1.82, 2.24) is 10.0 Å². The second kappa shape index (κ2) is 11.0. The molecule has 0 unspecified atom stereocenters. The molecule has 0 aliphatic carbocycles. The van der Waals surface area contributed by atoms with Crippen LogP contribution in [0, 0.1) is 5.82 Å². The third-order valence-electron chi connectivity index (χ3n) is 5.12. The molecule has 0 spiro atoms. The molecule has 1 amide bonds. The Labute approximate surface area is 188 Å². The van der Waals surface area contributed by atoms with Crippen molar-refractivity contribution in [1.29, 1.82) is 0 Å². The van der Waals surface area contributed by atoms with Gasteiger partial charge in [0.1, 0.15) is 11.9 Å². The van der Waals surface area contributed by atoms with E-state index in [1.54, 1.807) is 0 Å². The summed E-state index contributed by atoms with van der Waals surface area (Å²) in [6.45, 7) is 1.90. The standard InChI is InChI=1S/C25H27FN2O3S/c1-19(12-13-20-8-4-2-5-9-20)27-25(29)24(18-21-10-6-3-7-11-21)28-32(30,31)23-16-14-22(26)15-17-23/h2-11,14-17,19,24,28H,12-13,18H2,1H3,(H,27,29)/t19-,24+/m1/s1. The maximum absolute atomic E-state index is 13.2. The lowest BCUT2D eigenvalue weighted by molar-refractivity contribution is -0.123. The molecule has 7 heteroatoms. The van der Waals surface area contributed by atoms with Crippen molar-refractivity contribution in [3.63, 3.8) is 0 Å². The monoisotopic (exact) mass is 454 g/mol. The van der Waals surface area contributed by atoms with Gasteiger partial charge in [-0.15, -0.1) is 0 Å². The van der Waals surface area contributed by atoms with Crippen molar-refractivity contribution in [2.75, 3.05) is 0 Å². The van der Waals surface area contributed by atoms with Crippen LogP contribution in [0.2, 0.25) is 0 Å². The van der Waals surface area contributed by atoms with Gasteiger partial charge in [0.2, 0.25) is 15.9 Å². The summed E-state index contributed by atoms with van der Waals surface area (Å²) in [4.78, 5) is 12.9. The van der Waals surface area contributed by atoms with Gasteiger partial charge in [-0.3, -0.25) is 4.79 Å². The van der Waals surface area contributed by atoms with Crippen LogP contribution in [-0.4, -0.2) is 26.4 Å². The minimum absolute atomic E-state index is 0.0955. The molecule has 0 bridgehead atoms. The maximum atomic E-state index is 13.2. The Morgan fingerprint density at radius 3 is 2.03 bits per heavy atom. The third-order valence-corrected chi connectivity index (χ3v) is 6.61. The Morgan fingerprint density at radius 2 is 1.44 bits per heavy atom. The largest absolute Gasteiger partial charge is 0.352 e. The van der Waals surface area contributed by atoms with Gasteiger partial charge in [0.15, 0.2) is 0 Å². The summed E-state index contributed by atoms with van der Waals surface area (Å²) in [7, 11) is -4.01. The number of sulfonamides is 1. The summed E-state index contributed by atoms with van der Waals surface area (Å²) in [6.07, 6.45) is 1.71. The van der Waals surface area contributed by atoms with Crippen molar-refractivity contribution in [3.8, 4) is 0 Å². The molecule has 2 atom stereocenters. The first-order valence-electron chi connectivity index (χ1n) is 10.5. The quantitative estimate of drug-likeness (QED) is 0.489. The lowest BCUT2D eigenvalue weighted by Gasteiger charge is -2.22. The molecule has 0 saturated carbocycles. The number of halogens is 1. The van der Waals surface area contributed by atoms with E-state index in [0.717, 1.165) is 30.5 Å². The average molecular weight is 455 g/mol. The zero-order valence-corrected chi connectivity index (χ0v) is 18.7. The van der Waals surface area contributed by atoms with Crippen LogP contribution in [0.3, 0.4) is 0 Å². The Balaban J connectivity index is 1.71. The van der Waals surface area contributed by atoms with Crippen LogP contribution in [0.5, 0.6) is 0 Å². The predicted molar refractivity (Wildman–Crippen MR) is 123 cm³/mol. The van der Waals surface area contributed by atoms with Crippen LogP contribution in [0.1, 0.15) is 24.5 Å². The van der Waals surface area contributed by atoms with E-state index in [1.165, 1.54) is 17.7 Å². The topological polar surface area (TPSA) is 75.3 Å². The van der Waals surface area contributed by atoms with Gasteiger partial charge in [-0.2, -0.15) is 4.72 Å². The van der Waals surface area contributed by atoms with E-state index in [-0.39, 0.29) is 17.4 Å². The van der Waals surface area contributed by atoms with Gasteiger partial charge < -0.3 is 5.32 Å². The number of rotatable bonds is 10. The van der Waals surface area contributed by atoms with E-state index < -0.39 is 27.8 Å². The molecule has 2 N–H and O–H groups in total. The molecular weight excluding hydrogens is 427 g/mol. The highest BCUT2D eigenvalue weighted by molar-refractivity contribution is 7.89. The van der Waals surface area contributed by atoms with Crippen LogP contribution in [0.15, 0.2) is 89.8 Å². The minimum atomic E-state index is -4.01. The van der Waals surface area contributed by atoms with Crippen LogP contribution in [-0.2, 0) is 27.7 Å². The number of hydrogen-bond acceptors (Lipinski definition) is 3. The van der Waals surface area contributed by atoms with E-state index >= 15 is 0 Å². The summed E-state index contributed by atoms with van der Waals surface area (Å²) in [5.41, 5.74) is 2.00. The Bertz CT molecular complexity index is 1100. The van der Waals surface area contributed by atoms with E-state index in [1.807, 2.05) is 67.6 Å². The fraction of sp³-hybridized carbons (Fsp3) is 0.240. The van der Waals surface area contributed by atoms with Crippen LogP contribution in [0.25, 0.3) is 0 Å². The van der Waals surface area contributed by atoms with Crippen molar-refractivity contribution >= 4 is 15.9 Å². The molecule has 5 nitrogen and oxygen atoms in total. The zero-order chi connectivity index (χ0) is 23.0. The first-order valence-corrected chi connectivity index (χ1v) is 12.0. The Hall–Kier alpha value is -3.03. The van der Waals surface area contributed by atoms with Crippen molar-refractivity contribution in [3.05, 3.63) is 102 Å². The number of carbonyl (C=O) groups excluding carboxylic acids is 1. The summed E-state index contributed by atoms with van der Waals surface area (Å²) in [6, 6.07) is 22.5. The lowest BCUT2D eigenvalue weighted by Crippen LogP contribution is -2.50. The molecule has 168 valence electrons. The first-order chi connectivity index (χ1) is 15.3. The summed E-state index contributed by atoms with van der Waals surface area (Å²) >= 11 is 0. The van der Waals surface area contributed by atoms with E-state index in [0.29, 0.717) is 0 Å². The molecule has 0 heterocycles. The number of hydrogen-bond donors (Lipinski definition) is 2. The number of benzene rings is 3. The highest BCUT2D eigenvalue weighted by atomic mass is 32.2. The average Bonchev–Trinajstić information content (AvgIpc) is 2.79. The normalized spacial score (nSPS) is 13.3. The van der Waals surface area contributed by atoms with Gasteiger partial charge in [0.05, 0.1) is 4.90 Å². The van der Waals surface area contributed by atoms with Gasteiger partial charge in [-0.25, -0.2) is 12.8 Å². The SMILES string of the molecule is C[C@H](CCc1ccccc1)NC(=O)[C@H](Cc1ccccc1)NS(=O)(=O)c1ccc(F)cc1. The molecule has 3 aromatic carbocycles. The Morgan fingerprint density at radius 1 is 0.875 bits per heavy atom. The summed E-state index contributed by atoms with van der Waals surface area (Å²) in [5.74, 6) is -0.935. The van der Waals surface area contributed by atoms with Crippen LogP contribution >= 0.6 is 0 Å². The molecule has 3 rings (SSSR count). The molecule has 0 aliphatic heterocycles. The lowest BCUT2D eigenvalue weighted by atomic mass is 10.0. The van der Waals surface area contributed by atoms with Crippen molar-refractivity contribution in [2.24, 2.45) is 0 Å². The van der Waals surface area contributed by atoms with E-state index in [2.05, 4.69) is 10.0 Å². The number of aryl methyl sites for hydroxylation is 1. The fourth-order valence-electron chi connectivity index (χ4n) is 3.35. The van der Waals surface area contributed by atoms with Gasteiger partial charge >= 0.3 is 0 Å². The van der Waals surface area contributed by atoms with Gasteiger partial charge in [0, 0.05) is 6.04 Å². The van der Waals surface area contributed by atoms with E-state index in [4.69, 9.17) is 0 Å². The van der Waals surface area contributed by atoms with Crippen molar-refractivity contribution in [2.45, 2.75) is 43.2 Å². The zero-order valence-electron chi connectivity index (χ0n) is 17.9. The highest BCUT2D eigenvalue weighted by Gasteiger charge is 2.27.